The Hall–Kier alpha value is -2.11. The highest BCUT2D eigenvalue weighted by molar-refractivity contribution is 6.30. The summed E-state index contributed by atoms with van der Waals surface area (Å²) in [4.78, 5) is 31.7. The Bertz CT molecular complexity index is 911. The van der Waals surface area contributed by atoms with Gasteiger partial charge in [-0.1, -0.05) is 17.7 Å². The molecule has 1 atom stereocenters. The largest absolute Gasteiger partial charge is 0.360 e. The molecular formula is C22H29ClN3O2+. The van der Waals surface area contributed by atoms with Gasteiger partial charge in [0.25, 0.3) is 0 Å². The number of nitrogens with zero attached hydrogens (tertiary/aromatic N) is 1. The number of carbonyl (C=O) groups excluding carboxylic acids is 2. The predicted molar refractivity (Wildman–Crippen MR) is 113 cm³/mol. The molecule has 3 rings (SSSR count). The number of quaternary nitrogens is 1. The number of aromatic amines is 1. The summed E-state index contributed by atoms with van der Waals surface area (Å²) in [5, 5.41) is 0.748. The highest BCUT2D eigenvalue weighted by Crippen LogP contribution is 2.24. The molecule has 2 heterocycles. The first kappa shape index (κ1) is 20.6. The number of carbonyl (C=O) groups is 2. The zero-order chi connectivity index (χ0) is 20.6. The normalized spacial score (nSPS) is 16.3. The molecule has 0 radical (unpaired) electrons. The van der Waals surface area contributed by atoms with Gasteiger partial charge in [0.05, 0.1) is 31.9 Å². The van der Waals surface area contributed by atoms with E-state index < -0.39 is 0 Å². The fourth-order valence-corrected chi connectivity index (χ4v) is 4.48. The Morgan fingerprint density at radius 3 is 2.39 bits per heavy atom. The maximum atomic E-state index is 13.1. The quantitative estimate of drug-likeness (QED) is 0.756. The summed E-state index contributed by atoms with van der Waals surface area (Å²) >= 11 is 6.17. The molecule has 1 saturated heterocycles. The standard InChI is InChI=1S/C22H28ClN3O2/c1-13-6-7-18(23)12-19(13)26-10-8-25(9-11-26)16(4)22(28)21-14(2)20(17(5)27)15(3)24-21/h6-7,12,16,24H,8-11H2,1-5H3/p+1/t16-/m0/s1. The predicted octanol–water partition coefficient (Wildman–Crippen LogP) is 2.77. The summed E-state index contributed by atoms with van der Waals surface area (Å²) in [5.74, 6) is 0.0753. The SMILES string of the molecule is CC(=O)c1c(C)[nH]c(C(=O)[C@H](C)[NH+]2CCN(c3cc(Cl)ccc3C)CC2)c1C. The van der Waals surface area contributed by atoms with Crippen LogP contribution in [0.1, 0.15) is 51.5 Å². The fourth-order valence-electron chi connectivity index (χ4n) is 4.32. The molecule has 0 spiro atoms. The van der Waals surface area contributed by atoms with Crippen molar-refractivity contribution in [1.29, 1.82) is 0 Å². The number of aromatic nitrogens is 1. The minimum Gasteiger partial charge on any atom is -0.360 e. The third kappa shape index (κ3) is 3.87. The number of halogens is 1. The lowest BCUT2D eigenvalue weighted by molar-refractivity contribution is -0.914. The summed E-state index contributed by atoms with van der Waals surface area (Å²) in [6, 6.07) is 5.83. The number of benzene rings is 1. The summed E-state index contributed by atoms with van der Waals surface area (Å²) in [7, 11) is 0. The van der Waals surface area contributed by atoms with Gasteiger partial charge >= 0.3 is 0 Å². The number of nitrogens with one attached hydrogen (secondary N) is 2. The van der Waals surface area contributed by atoms with E-state index in [1.807, 2.05) is 39.0 Å². The lowest BCUT2D eigenvalue weighted by atomic mass is 10.0. The van der Waals surface area contributed by atoms with Gasteiger partial charge in [-0.2, -0.15) is 0 Å². The first-order valence-corrected chi connectivity index (χ1v) is 10.2. The third-order valence-corrected chi connectivity index (χ3v) is 6.19. The van der Waals surface area contributed by atoms with Crippen molar-refractivity contribution < 1.29 is 14.5 Å². The average molecular weight is 403 g/mol. The van der Waals surface area contributed by atoms with Crippen molar-refractivity contribution in [2.24, 2.45) is 0 Å². The molecule has 5 nitrogen and oxygen atoms in total. The van der Waals surface area contributed by atoms with Crippen molar-refractivity contribution >= 4 is 28.9 Å². The van der Waals surface area contributed by atoms with Crippen molar-refractivity contribution in [3.8, 4) is 0 Å². The van der Waals surface area contributed by atoms with E-state index in [1.165, 1.54) is 16.2 Å². The molecule has 0 aliphatic carbocycles. The molecule has 2 aromatic rings. The molecule has 2 N–H and O–H groups in total. The highest BCUT2D eigenvalue weighted by Gasteiger charge is 2.32. The van der Waals surface area contributed by atoms with Gasteiger partial charge in [-0.3, -0.25) is 9.59 Å². The number of ketones is 2. The molecule has 28 heavy (non-hydrogen) atoms. The molecule has 150 valence electrons. The summed E-state index contributed by atoms with van der Waals surface area (Å²) in [5.41, 5.74) is 5.16. The van der Waals surface area contributed by atoms with Crippen LogP contribution in [0.15, 0.2) is 18.2 Å². The topological polar surface area (TPSA) is 57.6 Å². The van der Waals surface area contributed by atoms with Crippen LogP contribution in [0.3, 0.4) is 0 Å². The number of hydrogen-bond donors (Lipinski definition) is 2. The van der Waals surface area contributed by atoms with Gasteiger partial charge in [0.2, 0.25) is 5.78 Å². The monoisotopic (exact) mass is 402 g/mol. The van der Waals surface area contributed by atoms with Crippen LogP contribution in [-0.4, -0.2) is 48.8 Å². The number of Topliss-reactive ketones (excluding diaryl/α,β-unsaturated/α-hetero) is 2. The van der Waals surface area contributed by atoms with Gasteiger partial charge < -0.3 is 14.8 Å². The van der Waals surface area contributed by atoms with Gasteiger partial charge in [-0.05, 0) is 57.9 Å². The van der Waals surface area contributed by atoms with Gasteiger partial charge in [0.1, 0.15) is 0 Å². The van der Waals surface area contributed by atoms with Crippen LogP contribution < -0.4 is 9.80 Å². The third-order valence-electron chi connectivity index (χ3n) is 5.96. The number of anilines is 1. The molecular weight excluding hydrogens is 374 g/mol. The average Bonchev–Trinajstić information content (AvgIpc) is 2.97. The maximum Gasteiger partial charge on any atom is 0.235 e. The van der Waals surface area contributed by atoms with Crippen molar-refractivity contribution in [3.05, 3.63) is 51.3 Å². The Morgan fingerprint density at radius 2 is 1.82 bits per heavy atom. The van der Waals surface area contributed by atoms with Gasteiger partial charge in [-0.25, -0.2) is 0 Å². The maximum absolute atomic E-state index is 13.1. The van der Waals surface area contributed by atoms with Crippen LogP contribution in [0, 0.1) is 20.8 Å². The number of H-pyrrole nitrogens is 1. The first-order chi connectivity index (χ1) is 13.2. The van der Waals surface area contributed by atoms with E-state index >= 15 is 0 Å². The highest BCUT2D eigenvalue weighted by atomic mass is 35.5. The van der Waals surface area contributed by atoms with Crippen molar-refractivity contribution in [2.45, 2.75) is 40.7 Å². The van der Waals surface area contributed by atoms with Crippen molar-refractivity contribution in [2.75, 3.05) is 31.1 Å². The van der Waals surface area contributed by atoms with E-state index in [9.17, 15) is 9.59 Å². The Labute approximate surface area is 171 Å². The Kier molecular flexibility index (Phi) is 5.96. The van der Waals surface area contributed by atoms with Crippen LogP contribution >= 0.6 is 11.6 Å². The summed E-state index contributed by atoms with van der Waals surface area (Å²) in [6.07, 6.45) is 0. The molecule has 6 heteroatoms. The van der Waals surface area contributed by atoms with Crippen molar-refractivity contribution in [1.82, 2.24) is 4.98 Å². The zero-order valence-electron chi connectivity index (χ0n) is 17.3. The van der Waals surface area contributed by atoms with E-state index in [1.54, 1.807) is 6.92 Å². The van der Waals surface area contributed by atoms with Gasteiger partial charge in [-0.15, -0.1) is 0 Å². The molecule has 0 amide bonds. The van der Waals surface area contributed by atoms with E-state index in [2.05, 4.69) is 16.8 Å². The van der Waals surface area contributed by atoms with Crippen LogP contribution in [0.5, 0.6) is 0 Å². The lowest BCUT2D eigenvalue weighted by Gasteiger charge is -2.36. The van der Waals surface area contributed by atoms with Crippen LogP contribution in [0.4, 0.5) is 5.69 Å². The molecule has 1 aliphatic rings. The Balaban J connectivity index is 1.71. The molecule has 1 aromatic heterocycles. The van der Waals surface area contributed by atoms with Crippen LogP contribution in [0.25, 0.3) is 0 Å². The molecule has 0 bridgehead atoms. The molecule has 0 saturated carbocycles. The van der Waals surface area contributed by atoms with Gasteiger partial charge in [0.15, 0.2) is 11.8 Å². The van der Waals surface area contributed by atoms with E-state index in [-0.39, 0.29) is 17.6 Å². The van der Waals surface area contributed by atoms with Crippen LogP contribution in [-0.2, 0) is 0 Å². The lowest BCUT2D eigenvalue weighted by Crippen LogP contribution is -3.18. The van der Waals surface area contributed by atoms with E-state index in [4.69, 9.17) is 11.6 Å². The zero-order valence-corrected chi connectivity index (χ0v) is 18.0. The van der Waals surface area contributed by atoms with Crippen LogP contribution in [0.2, 0.25) is 5.02 Å². The number of piperazine rings is 1. The van der Waals surface area contributed by atoms with E-state index in [0.717, 1.165) is 42.5 Å². The Morgan fingerprint density at radius 1 is 1.18 bits per heavy atom. The number of hydrogen-bond acceptors (Lipinski definition) is 3. The minimum absolute atomic E-state index is 0.00388. The molecule has 1 aromatic carbocycles. The van der Waals surface area contributed by atoms with Crippen molar-refractivity contribution in [3.63, 3.8) is 0 Å². The smallest absolute Gasteiger partial charge is 0.235 e. The fraction of sp³-hybridized carbons (Fsp3) is 0.455. The second kappa shape index (κ2) is 8.10. The molecule has 0 unspecified atom stereocenters. The summed E-state index contributed by atoms with van der Waals surface area (Å²) in [6.45, 7) is 12.9. The molecule has 1 fully saturated rings. The second-order valence-corrected chi connectivity index (χ2v) is 8.28. The molecule has 1 aliphatic heterocycles. The van der Waals surface area contributed by atoms with Gasteiger partial charge in [0, 0.05) is 22.0 Å². The summed E-state index contributed by atoms with van der Waals surface area (Å²) < 4.78 is 0. The number of aryl methyl sites for hydroxylation is 2. The number of rotatable bonds is 5. The second-order valence-electron chi connectivity index (χ2n) is 7.84. The minimum atomic E-state index is -0.154. The first-order valence-electron chi connectivity index (χ1n) is 9.80. The van der Waals surface area contributed by atoms with E-state index in [0.29, 0.717) is 11.3 Å².